The number of ketones is 2. The molecular weight excluding hydrogens is 564 g/mol. The molecule has 2 aromatic carbocycles. The molecule has 0 amide bonds. The summed E-state index contributed by atoms with van der Waals surface area (Å²) in [4.78, 5) is 37.5. The van der Waals surface area contributed by atoms with Crippen LogP contribution < -0.4 is 10.2 Å². The zero-order valence-corrected chi connectivity index (χ0v) is 25.7. The number of Topliss-reactive ketones (excluding diaryl/α,β-unsaturated/α-hetero) is 1. The summed E-state index contributed by atoms with van der Waals surface area (Å²) in [5.74, 6) is -1.41. The Hall–Kier alpha value is -3.36. The summed E-state index contributed by atoms with van der Waals surface area (Å²) in [6.45, 7) is 4.95. The van der Waals surface area contributed by atoms with Gasteiger partial charge in [0, 0.05) is 35.4 Å². The third-order valence-electron chi connectivity index (χ3n) is 11.7. The van der Waals surface area contributed by atoms with E-state index < -0.39 is 46.6 Å². The number of halogens is 2. The first-order valence-electron chi connectivity index (χ1n) is 15.6. The molecule has 234 valence electrons. The summed E-state index contributed by atoms with van der Waals surface area (Å²) in [5, 5.41) is 13.2. The van der Waals surface area contributed by atoms with Gasteiger partial charge in [0.15, 0.2) is 22.9 Å². The molecule has 8 atom stereocenters. The molecular formula is C36H41F2NO5. The van der Waals surface area contributed by atoms with E-state index in [1.54, 1.807) is 19.1 Å². The fraction of sp³-hybridized carbons (Fsp3) is 0.500. The van der Waals surface area contributed by atoms with Crippen LogP contribution in [0, 0.1) is 22.7 Å². The maximum absolute atomic E-state index is 17.3. The average molecular weight is 606 g/mol. The quantitative estimate of drug-likeness (QED) is 0.253. The van der Waals surface area contributed by atoms with E-state index >= 15 is 8.78 Å². The molecule has 4 aliphatic rings. The highest BCUT2D eigenvalue weighted by atomic mass is 19.1. The molecule has 0 saturated heterocycles. The summed E-state index contributed by atoms with van der Waals surface area (Å²) in [6.07, 6.45) is 3.59. The molecule has 8 heteroatoms. The smallest absolute Gasteiger partial charge is 0.194 e. The van der Waals surface area contributed by atoms with Crippen molar-refractivity contribution in [3.8, 4) is 5.75 Å². The summed E-state index contributed by atoms with van der Waals surface area (Å²) in [7, 11) is 1.88. The van der Waals surface area contributed by atoms with E-state index in [9.17, 15) is 14.7 Å². The van der Waals surface area contributed by atoms with Crippen molar-refractivity contribution < 1.29 is 33.3 Å². The SMILES string of the molecule is CNc1cccc(C(C)c2ccc(OOC3(C(=O)CO)CCC4C5C[C@H](F)C6=CC(=O)C=CC6(C)[C@@]5(F)CCC43C)cc2)c1. The highest BCUT2D eigenvalue weighted by molar-refractivity contribution is 6.01. The zero-order chi connectivity index (χ0) is 31.5. The van der Waals surface area contributed by atoms with Gasteiger partial charge in [0.1, 0.15) is 18.4 Å². The molecule has 0 heterocycles. The van der Waals surface area contributed by atoms with Crippen LogP contribution in [0.2, 0.25) is 0 Å². The van der Waals surface area contributed by atoms with Crippen molar-refractivity contribution in [2.75, 3.05) is 19.0 Å². The van der Waals surface area contributed by atoms with Crippen molar-refractivity contribution in [3.63, 3.8) is 0 Å². The lowest BCUT2D eigenvalue weighted by molar-refractivity contribution is -0.316. The first kappa shape index (κ1) is 30.7. The van der Waals surface area contributed by atoms with Crippen LogP contribution in [0.5, 0.6) is 5.75 Å². The second-order valence-electron chi connectivity index (χ2n) is 13.5. The van der Waals surface area contributed by atoms with Crippen molar-refractivity contribution in [3.05, 3.63) is 83.5 Å². The summed E-state index contributed by atoms with van der Waals surface area (Å²) < 4.78 is 33.0. The summed E-state index contributed by atoms with van der Waals surface area (Å²) in [6, 6.07) is 15.7. The van der Waals surface area contributed by atoms with Crippen LogP contribution in [0.25, 0.3) is 0 Å². The van der Waals surface area contributed by atoms with E-state index in [1.165, 1.54) is 18.2 Å². The van der Waals surface area contributed by atoms with E-state index in [4.69, 9.17) is 9.78 Å². The van der Waals surface area contributed by atoms with Gasteiger partial charge in [-0.05, 0) is 98.1 Å². The van der Waals surface area contributed by atoms with E-state index in [1.807, 2.05) is 38.2 Å². The van der Waals surface area contributed by atoms with E-state index in [-0.39, 0.29) is 48.9 Å². The fourth-order valence-corrected chi connectivity index (χ4v) is 8.93. The second-order valence-corrected chi connectivity index (χ2v) is 13.5. The lowest BCUT2D eigenvalue weighted by atomic mass is 9.45. The number of benzene rings is 2. The predicted octanol–water partition coefficient (Wildman–Crippen LogP) is 6.84. The van der Waals surface area contributed by atoms with Gasteiger partial charge in [-0.15, -0.1) is 0 Å². The molecule has 2 N–H and O–H groups in total. The third kappa shape index (κ3) is 4.39. The van der Waals surface area contributed by atoms with Crippen molar-refractivity contribution in [1.82, 2.24) is 0 Å². The van der Waals surface area contributed by atoms with Gasteiger partial charge in [0.2, 0.25) is 0 Å². The van der Waals surface area contributed by atoms with Crippen LogP contribution >= 0.6 is 0 Å². The fourth-order valence-electron chi connectivity index (χ4n) is 8.93. The number of hydrogen-bond acceptors (Lipinski definition) is 6. The van der Waals surface area contributed by atoms with Gasteiger partial charge in [-0.3, -0.25) is 9.59 Å². The molecule has 3 saturated carbocycles. The molecule has 6 rings (SSSR count). The van der Waals surface area contributed by atoms with E-state index in [0.29, 0.717) is 12.2 Å². The first-order valence-corrected chi connectivity index (χ1v) is 15.6. The Morgan fingerprint density at radius 2 is 1.84 bits per heavy atom. The topological polar surface area (TPSA) is 84.9 Å². The highest BCUT2D eigenvalue weighted by Crippen LogP contribution is 2.70. The zero-order valence-electron chi connectivity index (χ0n) is 25.7. The van der Waals surface area contributed by atoms with Crippen molar-refractivity contribution in [2.45, 2.75) is 76.2 Å². The predicted molar refractivity (Wildman–Crippen MR) is 164 cm³/mol. The molecule has 2 aromatic rings. The molecule has 0 aromatic heterocycles. The number of carbonyl (C=O) groups excluding carboxylic acids is 2. The average Bonchev–Trinajstić information content (AvgIpc) is 3.34. The Balaban J connectivity index is 1.25. The van der Waals surface area contributed by atoms with Crippen LogP contribution in [-0.2, 0) is 14.5 Å². The normalized spacial score (nSPS) is 36.5. The maximum atomic E-state index is 17.3. The van der Waals surface area contributed by atoms with Crippen molar-refractivity contribution in [2.24, 2.45) is 22.7 Å². The number of fused-ring (bicyclic) bond motifs is 5. The van der Waals surface area contributed by atoms with Gasteiger partial charge < -0.3 is 15.3 Å². The summed E-state index contributed by atoms with van der Waals surface area (Å²) in [5.41, 5.74) is -1.99. The van der Waals surface area contributed by atoms with E-state index in [0.717, 1.165) is 16.8 Å². The molecule has 0 bridgehead atoms. The Labute approximate surface area is 257 Å². The summed E-state index contributed by atoms with van der Waals surface area (Å²) >= 11 is 0. The second kappa shape index (κ2) is 10.9. The number of nitrogens with one attached hydrogen (secondary N) is 1. The minimum atomic E-state index is -1.79. The van der Waals surface area contributed by atoms with Gasteiger partial charge >= 0.3 is 0 Å². The molecule has 44 heavy (non-hydrogen) atoms. The molecule has 6 nitrogen and oxygen atoms in total. The van der Waals surface area contributed by atoms with Gasteiger partial charge in [-0.2, -0.15) is 4.89 Å². The van der Waals surface area contributed by atoms with E-state index in [2.05, 4.69) is 24.4 Å². The van der Waals surface area contributed by atoms with Gasteiger partial charge in [0.05, 0.1) is 0 Å². The van der Waals surface area contributed by atoms with Crippen LogP contribution in [0.15, 0.2) is 72.3 Å². The maximum Gasteiger partial charge on any atom is 0.194 e. The minimum Gasteiger partial charge on any atom is -0.388 e. The molecule has 6 unspecified atom stereocenters. The first-order chi connectivity index (χ1) is 20.9. The van der Waals surface area contributed by atoms with Crippen molar-refractivity contribution >= 4 is 17.3 Å². The van der Waals surface area contributed by atoms with Gasteiger partial charge in [0.25, 0.3) is 0 Å². The van der Waals surface area contributed by atoms with Gasteiger partial charge in [-0.1, -0.05) is 44.2 Å². The number of carbonyl (C=O) groups is 2. The number of rotatable bonds is 8. The number of allylic oxidation sites excluding steroid dienone is 4. The molecule has 3 fully saturated rings. The minimum absolute atomic E-state index is 0.0644. The Morgan fingerprint density at radius 3 is 2.55 bits per heavy atom. The highest BCUT2D eigenvalue weighted by Gasteiger charge is 2.73. The van der Waals surface area contributed by atoms with Crippen molar-refractivity contribution in [1.29, 1.82) is 0 Å². The standard InChI is InChI=1S/C36H41F2NO5/c1-22(24-6-5-7-25(18-24)39-4)23-8-10-27(11-9-23)43-44-36(32(42)21-40)15-13-28-29-20-31(37)30-19-26(41)12-14-33(30,2)35(29,38)17-16-34(28,36)3/h5-12,14,18-19,22,28-29,31,39-40H,13,15-17,20-21H2,1-4H3/t22?,28?,29?,31-,33?,34?,35+,36?/m0/s1. The lowest BCUT2D eigenvalue weighted by Crippen LogP contribution is -2.65. The van der Waals surface area contributed by atoms with Gasteiger partial charge in [-0.25, -0.2) is 8.78 Å². The van der Waals surface area contributed by atoms with Crippen LogP contribution in [-0.4, -0.2) is 47.8 Å². The molecule has 0 radical (unpaired) electrons. The Morgan fingerprint density at radius 1 is 1.09 bits per heavy atom. The van der Waals surface area contributed by atoms with Crippen LogP contribution in [0.3, 0.4) is 0 Å². The number of anilines is 1. The molecule has 4 aliphatic carbocycles. The Bertz CT molecular complexity index is 1520. The largest absolute Gasteiger partial charge is 0.388 e. The number of alkyl halides is 2. The third-order valence-corrected chi connectivity index (χ3v) is 11.7. The van der Waals surface area contributed by atoms with Crippen LogP contribution in [0.1, 0.15) is 69.9 Å². The van der Waals surface area contributed by atoms with Crippen LogP contribution in [0.4, 0.5) is 14.5 Å². The molecule has 0 spiro atoms. The number of hydrogen-bond donors (Lipinski definition) is 2. The number of aliphatic hydroxyl groups is 1. The molecule has 0 aliphatic heterocycles. The number of aliphatic hydroxyl groups excluding tert-OH is 1. The monoisotopic (exact) mass is 605 g/mol. The lowest BCUT2D eigenvalue weighted by Gasteiger charge is -2.61. The Kier molecular flexibility index (Phi) is 7.60.